The van der Waals surface area contributed by atoms with Crippen molar-refractivity contribution in [3.63, 3.8) is 0 Å². The molecule has 0 aliphatic heterocycles. The highest BCUT2D eigenvalue weighted by atomic mass is 32.1. The van der Waals surface area contributed by atoms with E-state index in [2.05, 4.69) is 30.6 Å². The number of nitrogens with zero attached hydrogens (tertiary/aromatic N) is 4. The number of aliphatic hydroxyl groups is 1. The van der Waals surface area contributed by atoms with Gasteiger partial charge in [0, 0.05) is 11.4 Å². The molecule has 0 aliphatic rings. The first-order valence-corrected chi connectivity index (χ1v) is 8.60. The van der Waals surface area contributed by atoms with Crippen LogP contribution < -0.4 is 10.6 Å². The normalized spacial score (nSPS) is 10.8. The Labute approximate surface area is 152 Å². The number of aromatic nitrogens is 4. The van der Waals surface area contributed by atoms with Crippen molar-refractivity contribution in [1.29, 1.82) is 0 Å². The smallest absolute Gasteiger partial charge is 0.320 e. The van der Waals surface area contributed by atoms with Gasteiger partial charge in [0.05, 0.1) is 22.3 Å². The zero-order chi connectivity index (χ0) is 17.9. The molecule has 9 heteroatoms. The van der Waals surface area contributed by atoms with Crippen molar-refractivity contribution in [3.05, 3.63) is 53.5 Å². The van der Waals surface area contributed by atoms with E-state index >= 15 is 0 Å². The van der Waals surface area contributed by atoms with Gasteiger partial charge < -0.3 is 20.8 Å². The van der Waals surface area contributed by atoms with E-state index in [4.69, 9.17) is 0 Å². The summed E-state index contributed by atoms with van der Waals surface area (Å²) in [7, 11) is 0. The lowest BCUT2D eigenvalue weighted by atomic mass is 10.2. The van der Waals surface area contributed by atoms with Crippen LogP contribution >= 0.6 is 11.3 Å². The Morgan fingerprint density at radius 3 is 2.46 bits per heavy atom. The SMILES string of the molecule is OCc1cccc(Nc2nc(O)nc(Nc3ccc4ncsc4c3)n2)c1. The summed E-state index contributed by atoms with van der Waals surface area (Å²) >= 11 is 1.54. The van der Waals surface area contributed by atoms with Crippen molar-refractivity contribution in [2.45, 2.75) is 6.61 Å². The Morgan fingerprint density at radius 1 is 0.923 bits per heavy atom. The summed E-state index contributed by atoms with van der Waals surface area (Å²) < 4.78 is 1.03. The molecule has 4 aromatic rings. The summed E-state index contributed by atoms with van der Waals surface area (Å²) in [5.74, 6) is 0.399. The molecule has 0 bridgehead atoms. The van der Waals surface area contributed by atoms with E-state index in [1.54, 1.807) is 23.7 Å². The van der Waals surface area contributed by atoms with Gasteiger partial charge in [0.2, 0.25) is 11.9 Å². The fourth-order valence-corrected chi connectivity index (χ4v) is 3.13. The quantitative estimate of drug-likeness (QED) is 0.426. The van der Waals surface area contributed by atoms with E-state index in [1.807, 2.05) is 24.3 Å². The molecule has 8 nitrogen and oxygen atoms in total. The lowest BCUT2D eigenvalue weighted by Gasteiger charge is -2.09. The number of hydrogen-bond acceptors (Lipinski definition) is 9. The third-order valence-corrected chi connectivity index (χ3v) is 4.37. The largest absolute Gasteiger partial charge is 0.479 e. The molecular formula is C17H14N6O2S. The van der Waals surface area contributed by atoms with Crippen molar-refractivity contribution in [1.82, 2.24) is 19.9 Å². The molecule has 0 unspecified atom stereocenters. The van der Waals surface area contributed by atoms with Crippen LogP contribution in [-0.4, -0.2) is 30.1 Å². The van der Waals surface area contributed by atoms with Crippen LogP contribution in [0.1, 0.15) is 5.56 Å². The van der Waals surface area contributed by atoms with Gasteiger partial charge in [0.15, 0.2) is 0 Å². The minimum Gasteiger partial charge on any atom is -0.479 e. The number of hydrogen-bond donors (Lipinski definition) is 4. The monoisotopic (exact) mass is 366 g/mol. The summed E-state index contributed by atoms with van der Waals surface area (Å²) in [5, 5.41) is 25.1. The topological polar surface area (TPSA) is 116 Å². The molecule has 4 N–H and O–H groups in total. The van der Waals surface area contributed by atoms with Crippen LogP contribution in [0.15, 0.2) is 48.0 Å². The number of fused-ring (bicyclic) bond motifs is 1. The predicted molar refractivity (Wildman–Crippen MR) is 100 cm³/mol. The summed E-state index contributed by atoms with van der Waals surface area (Å²) in [6, 6.07) is 12.5. The van der Waals surface area contributed by atoms with Crippen LogP contribution in [0.2, 0.25) is 0 Å². The Kier molecular flexibility index (Phi) is 4.30. The van der Waals surface area contributed by atoms with Crippen molar-refractivity contribution in [2.75, 3.05) is 10.6 Å². The lowest BCUT2D eigenvalue weighted by Crippen LogP contribution is -2.03. The fourth-order valence-electron chi connectivity index (χ4n) is 2.42. The van der Waals surface area contributed by atoms with Crippen molar-refractivity contribution >= 4 is 44.8 Å². The second-order valence-electron chi connectivity index (χ2n) is 5.43. The van der Waals surface area contributed by atoms with Crippen molar-refractivity contribution in [3.8, 4) is 6.01 Å². The van der Waals surface area contributed by atoms with E-state index in [0.717, 1.165) is 21.5 Å². The minimum atomic E-state index is -0.401. The summed E-state index contributed by atoms with van der Waals surface area (Å²) in [4.78, 5) is 16.3. The lowest BCUT2D eigenvalue weighted by molar-refractivity contribution is 0.282. The van der Waals surface area contributed by atoms with Crippen LogP contribution in [0.25, 0.3) is 10.2 Å². The zero-order valence-corrected chi connectivity index (χ0v) is 14.2. The second kappa shape index (κ2) is 6.90. The van der Waals surface area contributed by atoms with Crippen LogP contribution in [0.5, 0.6) is 6.01 Å². The molecule has 26 heavy (non-hydrogen) atoms. The van der Waals surface area contributed by atoms with Crippen LogP contribution in [-0.2, 0) is 6.61 Å². The Balaban J connectivity index is 1.58. The fraction of sp³-hybridized carbons (Fsp3) is 0.0588. The first-order valence-electron chi connectivity index (χ1n) is 7.72. The van der Waals surface area contributed by atoms with Gasteiger partial charge in [-0.15, -0.1) is 11.3 Å². The molecule has 130 valence electrons. The maximum atomic E-state index is 9.80. The average Bonchev–Trinajstić information content (AvgIpc) is 3.09. The van der Waals surface area contributed by atoms with E-state index in [9.17, 15) is 10.2 Å². The van der Waals surface area contributed by atoms with Gasteiger partial charge in [-0.1, -0.05) is 12.1 Å². The molecule has 2 aromatic carbocycles. The molecule has 0 aliphatic carbocycles. The maximum absolute atomic E-state index is 9.80. The molecular weight excluding hydrogens is 352 g/mol. The highest BCUT2D eigenvalue weighted by molar-refractivity contribution is 7.16. The maximum Gasteiger partial charge on any atom is 0.320 e. The van der Waals surface area contributed by atoms with Gasteiger partial charge in [-0.2, -0.15) is 15.0 Å². The van der Waals surface area contributed by atoms with Gasteiger partial charge in [-0.05, 0) is 35.9 Å². The molecule has 0 spiro atoms. The predicted octanol–water partition coefficient (Wildman–Crippen LogP) is 3.17. The summed E-state index contributed by atoms with van der Waals surface area (Å²) in [6.45, 7) is -0.0647. The molecule has 0 saturated carbocycles. The van der Waals surface area contributed by atoms with E-state index < -0.39 is 6.01 Å². The number of thiazole rings is 1. The molecule has 0 radical (unpaired) electrons. The Bertz CT molecular complexity index is 1070. The number of aromatic hydroxyl groups is 1. The number of benzene rings is 2. The molecule has 0 fully saturated rings. The molecule has 4 rings (SSSR count). The summed E-state index contributed by atoms with van der Waals surface area (Å²) in [5.41, 5.74) is 4.93. The van der Waals surface area contributed by atoms with E-state index in [0.29, 0.717) is 5.69 Å². The number of aliphatic hydroxyl groups excluding tert-OH is 1. The van der Waals surface area contributed by atoms with E-state index in [1.165, 1.54) is 11.3 Å². The number of anilines is 4. The molecule has 0 atom stereocenters. The molecule has 0 saturated heterocycles. The van der Waals surface area contributed by atoms with Gasteiger partial charge in [-0.3, -0.25) is 0 Å². The first-order chi connectivity index (χ1) is 12.7. The highest BCUT2D eigenvalue weighted by Crippen LogP contribution is 2.24. The Hall–Kier alpha value is -3.30. The van der Waals surface area contributed by atoms with Gasteiger partial charge in [0.25, 0.3) is 0 Å². The molecule has 2 heterocycles. The zero-order valence-electron chi connectivity index (χ0n) is 13.4. The second-order valence-corrected chi connectivity index (χ2v) is 6.31. The van der Waals surface area contributed by atoms with Crippen LogP contribution in [0, 0.1) is 0 Å². The third-order valence-electron chi connectivity index (χ3n) is 3.58. The van der Waals surface area contributed by atoms with Gasteiger partial charge >= 0.3 is 6.01 Å². The highest BCUT2D eigenvalue weighted by Gasteiger charge is 2.08. The average molecular weight is 366 g/mol. The van der Waals surface area contributed by atoms with E-state index in [-0.39, 0.29) is 18.5 Å². The first kappa shape index (κ1) is 16.2. The standard InChI is InChI=1S/C17H14N6O2S/c24-8-10-2-1-3-11(6-10)19-15-21-16(23-17(25)22-15)20-12-4-5-13-14(7-12)26-9-18-13/h1-7,9,24H,8H2,(H3,19,20,21,22,23,25). The third kappa shape index (κ3) is 3.53. The van der Waals surface area contributed by atoms with Gasteiger partial charge in [-0.25, -0.2) is 4.98 Å². The van der Waals surface area contributed by atoms with Crippen LogP contribution in [0.3, 0.4) is 0 Å². The van der Waals surface area contributed by atoms with Gasteiger partial charge in [0.1, 0.15) is 0 Å². The van der Waals surface area contributed by atoms with Crippen LogP contribution in [0.4, 0.5) is 23.3 Å². The number of nitrogens with one attached hydrogen (secondary N) is 2. The summed E-state index contributed by atoms with van der Waals surface area (Å²) in [6.07, 6.45) is 0. The molecule has 2 aromatic heterocycles. The van der Waals surface area contributed by atoms with Crippen molar-refractivity contribution < 1.29 is 10.2 Å². The molecule has 0 amide bonds. The minimum absolute atomic E-state index is 0.0647. The Morgan fingerprint density at radius 2 is 1.69 bits per heavy atom. The van der Waals surface area contributed by atoms with Crippen molar-refractivity contribution in [2.24, 2.45) is 0 Å². The number of rotatable bonds is 5.